The van der Waals surface area contributed by atoms with Gasteiger partial charge in [0.1, 0.15) is 6.23 Å². The first-order valence-corrected chi connectivity index (χ1v) is 3.55. The van der Waals surface area contributed by atoms with Crippen molar-refractivity contribution in [2.24, 2.45) is 4.99 Å². The van der Waals surface area contributed by atoms with Crippen molar-refractivity contribution in [3.63, 3.8) is 0 Å². The lowest BCUT2D eigenvalue weighted by atomic mass is 10.6. The molecule has 66 valence electrons. The number of aliphatic hydroxyl groups is 1. The van der Waals surface area contributed by atoms with Crippen LogP contribution >= 0.6 is 0 Å². The van der Waals surface area contributed by atoms with Crippen LogP contribution in [0, 0.1) is 0 Å². The highest BCUT2D eigenvalue weighted by Crippen LogP contribution is 1.91. The van der Waals surface area contributed by atoms with Crippen LogP contribution in [-0.4, -0.2) is 55.3 Å². The highest BCUT2D eigenvalue weighted by molar-refractivity contribution is 5.79. The van der Waals surface area contributed by atoms with Crippen LogP contribution in [0.1, 0.15) is 6.92 Å². The van der Waals surface area contributed by atoms with E-state index in [1.807, 2.05) is 38.0 Å². The van der Waals surface area contributed by atoms with Crippen LogP contribution in [0.5, 0.6) is 0 Å². The fourth-order valence-corrected chi connectivity index (χ4v) is 0.798. The second kappa shape index (κ2) is 4.18. The number of nitrogens with zero attached hydrogens (tertiary/aromatic N) is 3. The molecular formula is C7H17N3O. The molecule has 0 saturated heterocycles. The van der Waals surface area contributed by atoms with E-state index in [1.165, 1.54) is 0 Å². The van der Waals surface area contributed by atoms with Crippen LogP contribution in [0.4, 0.5) is 0 Å². The molecule has 0 amide bonds. The molecule has 0 aliphatic rings. The first kappa shape index (κ1) is 10.2. The average Bonchev–Trinajstić information content (AvgIpc) is 1.81. The molecule has 1 unspecified atom stereocenters. The molecule has 0 aromatic heterocycles. The summed E-state index contributed by atoms with van der Waals surface area (Å²) >= 11 is 0. The molecule has 11 heavy (non-hydrogen) atoms. The van der Waals surface area contributed by atoms with Crippen LogP contribution in [0.3, 0.4) is 0 Å². The molecule has 0 fully saturated rings. The van der Waals surface area contributed by atoms with Crippen molar-refractivity contribution >= 4 is 5.96 Å². The van der Waals surface area contributed by atoms with E-state index in [0.717, 1.165) is 5.96 Å². The van der Waals surface area contributed by atoms with Gasteiger partial charge in [-0.25, -0.2) is 4.99 Å². The van der Waals surface area contributed by atoms with Gasteiger partial charge in [0.2, 0.25) is 0 Å². The van der Waals surface area contributed by atoms with Gasteiger partial charge in [-0.3, -0.25) is 0 Å². The minimum atomic E-state index is -0.644. The van der Waals surface area contributed by atoms with Crippen molar-refractivity contribution in [3.05, 3.63) is 0 Å². The zero-order valence-corrected chi connectivity index (χ0v) is 7.87. The van der Waals surface area contributed by atoms with Gasteiger partial charge in [0.05, 0.1) is 0 Å². The van der Waals surface area contributed by atoms with Gasteiger partial charge in [0.15, 0.2) is 5.96 Å². The Morgan fingerprint density at radius 2 is 1.55 bits per heavy atom. The fraction of sp³-hybridized carbons (Fsp3) is 0.857. The second-order valence-corrected chi connectivity index (χ2v) is 2.85. The van der Waals surface area contributed by atoms with Gasteiger partial charge in [0, 0.05) is 28.2 Å². The Morgan fingerprint density at radius 3 is 1.64 bits per heavy atom. The van der Waals surface area contributed by atoms with Crippen LogP contribution in [0.25, 0.3) is 0 Å². The van der Waals surface area contributed by atoms with Gasteiger partial charge in [-0.2, -0.15) is 0 Å². The normalized spacial score (nSPS) is 12.2. The van der Waals surface area contributed by atoms with Gasteiger partial charge in [-0.05, 0) is 6.92 Å². The molecule has 0 aromatic carbocycles. The van der Waals surface area contributed by atoms with E-state index in [4.69, 9.17) is 5.11 Å². The molecule has 0 rings (SSSR count). The third kappa shape index (κ3) is 3.83. The van der Waals surface area contributed by atoms with E-state index in [0.29, 0.717) is 0 Å². The lowest BCUT2D eigenvalue weighted by Gasteiger charge is -2.23. The number of aliphatic imine (C=N–C) groups is 1. The maximum absolute atomic E-state index is 8.98. The Morgan fingerprint density at radius 1 is 1.18 bits per heavy atom. The first-order valence-electron chi connectivity index (χ1n) is 3.55. The molecule has 1 N–H and O–H groups in total. The van der Waals surface area contributed by atoms with Crippen molar-refractivity contribution in [3.8, 4) is 0 Å². The second-order valence-electron chi connectivity index (χ2n) is 2.85. The van der Waals surface area contributed by atoms with E-state index >= 15 is 0 Å². The summed E-state index contributed by atoms with van der Waals surface area (Å²) in [4.78, 5) is 7.71. The van der Waals surface area contributed by atoms with E-state index < -0.39 is 6.23 Å². The van der Waals surface area contributed by atoms with Gasteiger partial charge in [-0.15, -0.1) is 0 Å². The van der Waals surface area contributed by atoms with E-state index in [1.54, 1.807) is 6.92 Å². The standard InChI is InChI=1S/C7H17N3O/c1-6(11)8-7(9(2)3)10(4)5/h6,11H,1-5H3. The topological polar surface area (TPSA) is 39.1 Å². The zero-order chi connectivity index (χ0) is 9.02. The molecular weight excluding hydrogens is 142 g/mol. The van der Waals surface area contributed by atoms with Crippen LogP contribution in [0.2, 0.25) is 0 Å². The predicted molar refractivity (Wildman–Crippen MR) is 46.5 cm³/mol. The zero-order valence-electron chi connectivity index (χ0n) is 7.87. The van der Waals surface area contributed by atoms with Gasteiger partial charge >= 0.3 is 0 Å². The molecule has 0 aliphatic heterocycles. The fourth-order valence-electron chi connectivity index (χ4n) is 0.798. The van der Waals surface area contributed by atoms with Crippen molar-refractivity contribution in [1.82, 2.24) is 9.80 Å². The molecule has 1 atom stereocenters. The lowest BCUT2D eigenvalue weighted by Crippen LogP contribution is -2.36. The van der Waals surface area contributed by atoms with Crippen molar-refractivity contribution in [2.45, 2.75) is 13.2 Å². The Balaban J connectivity index is 4.33. The molecule has 0 saturated carbocycles. The minimum absolute atomic E-state index is 0.644. The average molecular weight is 159 g/mol. The summed E-state index contributed by atoms with van der Waals surface area (Å²) in [6, 6.07) is 0. The summed E-state index contributed by atoms with van der Waals surface area (Å²) in [6.45, 7) is 1.63. The van der Waals surface area contributed by atoms with Crippen molar-refractivity contribution in [1.29, 1.82) is 0 Å². The van der Waals surface area contributed by atoms with Crippen LogP contribution < -0.4 is 0 Å². The van der Waals surface area contributed by atoms with Crippen LogP contribution in [-0.2, 0) is 0 Å². The first-order chi connectivity index (χ1) is 4.95. The molecule has 0 radical (unpaired) electrons. The summed E-state index contributed by atoms with van der Waals surface area (Å²) < 4.78 is 0. The molecule has 0 aliphatic carbocycles. The number of guanidine groups is 1. The lowest BCUT2D eigenvalue weighted by molar-refractivity contribution is 0.201. The summed E-state index contributed by atoms with van der Waals surface area (Å²) in [7, 11) is 7.56. The Hall–Kier alpha value is -0.770. The molecule has 0 aromatic rings. The van der Waals surface area contributed by atoms with Crippen molar-refractivity contribution in [2.75, 3.05) is 28.2 Å². The SMILES string of the molecule is CC(O)N=C(N(C)C)N(C)C. The Bertz CT molecular complexity index is 131. The summed E-state index contributed by atoms with van der Waals surface area (Å²) in [5.74, 6) is 0.764. The number of hydrogen-bond donors (Lipinski definition) is 1. The molecule has 4 nitrogen and oxygen atoms in total. The highest BCUT2D eigenvalue weighted by atomic mass is 16.3. The molecule has 0 spiro atoms. The smallest absolute Gasteiger partial charge is 0.198 e. The highest BCUT2D eigenvalue weighted by Gasteiger charge is 2.04. The Kier molecular flexibility index (Phi) is 3.89. The van der Waals surface area contributed by atoms with Gasteiger partial charge < -0.3 is 14.9 Å². The third-order valence-corrected chi connectivity index (χ3v) is 1.10. The van der Waals surface area contributed by atoms with Gasteiger partial charge in [-0.1, -0.05) is 0 Å². The number of hydrogen-bond acceptors (Lipinski definition) is 2. The third-order valence-electron chi connectivity index (χ3n) is 1.10. The molecule has 4 heteroatoms. The molecule has 0 heterocycles. The quantitative estimate of drug-likeness (QED) is 0.425. The predicted octanol–water partition coefficient (Wildman–Crippen LogP) is -0.196. The number of rotatable bonds is 1. The summed E-state index contributed by atoms with van der Waals surface area (Å²) in [5.41, 5.74) is 0. The summed E-state index contributed by atoms with van der Waals surface area (Å²) in [5, 5.41) is 8.98. The Labute approximate surface area is 68.1 Å². The van der Waals surface area contributed by atoms with E-state index in [9.17, 15) is 0 Å². The maximum Gasteiger partial charge on any atom is 0.198 e. The van der Waals surface area contributed by atoms with Crippen molar-refractivity contribution < 1.29 is 5.11 Å². The number of aliphatic hydroxyl groups excluding tert-OH is 1. The summed E-state index contributed by atoms with van der Waals surface area (Å²) in [6.07, 6.45) is -0.644. The maximum atomic E-state index is 8.98. The van der Waals surface area contributed by atoms with Crippen LogP contribution in [0.15, 0.2) is 4.99 Å². The van der Waals surface area contributed by atoms with E-state index in [-0.39, 0.29) is 0 Å². The molecule has 0 bridgehead atoms. The monoisotopic (exact) mass is 159 g/mol. The largest absolute Gasteiger partial charge is 0.372 e. The minimum Gasteiger partial charge on any atom is -0.372 e. The van der Waals surface area contributed by atoms with E-state index in [2.05, 4.69) is 4.99 Å². The van der Waals surface area contributed by atoms with Gasteiger partial charge in [0.25, 0.3) is 0 Å².